The second-order valence-corrected chi connectivity index (χ2v) is 5.05. The summed E-state index contributed by atoms with van der Waals surface area (Å²) >= 11 is 5.18. The van der Waals surface area contributed by atoms with E-state index in [-0.39, 0.29) is 0 Å². The summed E-state index contributed by atoms with van der Waals surface area (Å²) in [5, 5.41) is 7.66. The van der Waals surface area contributed by atoms with Crippen molar-refractivity contribution >= 4 is 23.5 Å². The van der Waals surface area contributed by atoms with E-state index in [9.17, 15) is 0 Å². The van der Waals surface area contributed by atoms with Crippen molar-refractivity contribution in [1.82, 2.24) is 10.7 Å². The van der Waals surface area contributed by atoms with Gasteiger partial charge < -0.3 is 14.8 Å². The normalized spacial score (nSPS) is 10.3. The Balaban J connectivity index is 1.87. The molecule has 0 saturated carbocycles. The second kappa shape index (κ2) is 8.75. The molecule has 2 aromatic rings. The molecule has 2 aromatic carbocycles. The molecule has 2 N–H and O–H groups in total. The number of hydrogen-bond acceptors (Lipinski definition) is 4. The fourth-order valence-corrected chi connectivity index (χ4v) is 2.03. The molecule has 0 saturated heterocycles. The molecule has 0 unspecified atom stereocenters. The molecule has 0 heterocycles. The summed E-state index contributed by atoms with van der Waals surface area (Å²) in [4.78, 5) is 0. The Bertz CT molecular complexity index is 675. The lowest BCUT2D eigenvalue weighted by atomic mass is 10.2. The lowest BCUT2D eigenvalue weighted by Crippen LogP contribution is -2.31. The van der Waals surface area contributed by atoms with E-state index in [0.717, 1.165) is 16.9 Å². The minimum absolute atomic E-state index is 0.456. The minimum Gasteiger partial charge on any atom is -0.497 e. The Morgan fingerprint density at radius 3 is 2.61 bits per heavy atom. The molecule has 23 heavy (non-hydrogen) atoms. The summed E-state index contributed by atoms with van der Waals surface area (Å²) in [5.74, 6) is 1.41. The Morgan fingerprint density at radius 1 is 1.13 bits per heavy atom. The number of ether oxygens (including phenoxy) is 2. The lowest BCUT2D eigenvalue weighted by Gasteiger charge is -2.08. The summed E-state index contributed by atoms with van der Waals surface area (Å²) in [7, 11) is 3.21. The van der Waals surface area contributed by atoms with E-state index < -0.39 is 0 Å². The molecule has 0 spiro atoms. The fourth-order valence-electron chi connectivity index (χ4n) is 1.90. The summed E-state index contributed by atoms with van der Waals surface area (Å²) in [6, 6.07) is 15.5. The van der Waals surface area contributed by atoms with Crippen LogP contribution in [0.4, 0.5) is 0 Å². The van der Waals surface area contributed by atoms with Crippen LogP contribution in [-0.2, 0) is 6.54 Å². The van der Waals surface area contributed by atoms with Gasteiger partial charge in [0, 0.05) is 18.2 Å². The maximum absolute atomic E-state index is 5.30. The smallest absolute Gasteiger partial charge is 0.187 e. The van der Waals surface area contributed by atoms with Crippen molar-refractivity contribution in [2.75, 3.05) is 14.2 Å². The van der Waals surface area contributed by atoms with Crippen LogP contribution < -0.4 is 20.2 Å². The predicted octanol–water partition coefficient (Wildman–Crippen LogP) is 2.70. The zero-order valence-corrected chi connectivity index (χ0v) is 13.9. The second-order valence-electron chi connectivity index (χ2n) is 4.65. The Labute approximate surface area is 141 Å². The number of thiocarbonyl (C=S) groups is 1. The van der Waals surface area contributed by atoms with Crippen LogP contribution in [0.5, 0.6) is 11.5 Å². The highest BCUT2D eigenvalue weighted by Gasteiger charge is 2.02. The maximum atomic E-state index is 5.30. The number of methoxy groups -OCH3 is 2. The first kappa shape index (κ1) is 16.8. The Morgan fingerprint density at radius 2 is 1.91 bits per heavy atom. The molecule has 5 nitrogen and oxygen atoms in total. The molecular weight excluding hydrogens is 310 g/mol. The average Bonchev–Trinajstić information content (AvgIpc) is 2.61. The van der Waals surface area contributed by atoms with Gasteiger partial charge in [-0.2, -0.15) is 5.10 Å². The van der Waals surface area contributed by atoms with E-state index in [1.54, 1.807) is 26.5 Å². The van der Waals surface area contributed by atoms with Crippen molar-refractivity contribution < 1.29 is 9.47 Å². The molecule has 0 fully saturated rings. The van der Waals surface area contributed by atoms with Gasteiger partial charge in [-0.25, -0.2) is 0 Å². The number of nitrogens with zero attached hydrogens (tertiary/aromatic N) is 1. The standard InChI is InChI=1S/C17H19N3O2S/c1-21-15-9-8-14(16(10-15)22-2)12-19-20-17(23)18-11-13-6-4-3-5-7-13/h3-10,12H,11H2,1-2H3,(H2,18,20,23)/b19-12+. The van der Waals surface area contributed by atoms with E-state index in [4.69, 9.17) is 21.7 Å². The summed E-state index contributed by atoms with van der Waals surface area (Å²) in [6.45, 7) is 0.647. The van der Waals surface area contributed by atoms with Gasteiger partial charge in [-0.3, -0.25) is 5.43 Å². The molecule has 0 bridgehead atoms. The third-order valence-corrected chi connectivity index (χ3v) is 3.34. The van der Waals surface area contributed by atoms with Crippen molar-refractivity contribution in [3.8, 4) is 11.5 Å². The predicted molar refractivity (Wildman–Crippen MR) is 96.2 cm³/mol. The van der Waals surface area contributed by atoms with Gasteiger partial charge in [0.1, 0.15) is 11.5 Å². The van der Waals surface area contributed by atoms with Crippen molar-refractivity contribution in [3.63, 3.8) is 0 Å². The van der Waals surface area contributed by atoms with E-state index in [1.807, 2.05) is 42.5 Å². The van der Waals surface area contributed by atoms with Crippen LogP contribution in [0.1, 0.15) is 11.1 Å². The van der Waals surface area contributed by atoms with Gasteiger partial charge in [0.2, 0.25) is 0 Å². The van der Waals surface area contributed by atoms with Crippen molar-refractivity contribution in [1.29, 1.82) is 0 Å². The van der Waals surface area contributed by atoms with Crippen molar-refractivity contribution in [3.05, 3.63) is 59.7 Å². The minimum atomic E-state index is 0.456. The number of hydrazone groups is 1. The summed E-state index contributed by atoms with van der Waals surface area (Å²) < 4.78 is 10.5. The molecule has 0 aliphatic heterocycles. The average molecular weight is 329 g/mol. The monoisotopic (exact) mass is 329 g/mol. The first-order valence-electron chi connectivity index (χ1n) is 7.06. The third kappa shape index (κ3) is 5.27. The first-order valence-corrected chi connectivity index (χ1v) is 7.46. The topological polar surface area (TPSA) is 54.9 Å². The molecule has 0 amide bonds. The highest BCUT2D eigenvalue weighted by molar-refractivity contribution is 7.80. The quantitative estimate of drug-likeness (QED) is 0.485. The van der Waals surface area contributed by atoms with Crippen molar-refractivity contribution in [2.24, 2.45) is 5.10 Å². The summed E-state index contributed by atoms with van der Waals surface area (Å²) in [5.41, 5.74) is 4.76. The molecule has 0 aromatic heterocycles. The largest absolute Gasteiger partial charge is 0.497 e. The molecule has 0 atom stereocenters. The van der Waals surface area contributed by atoms with Gasteiger partial charge in [-0.1, -0.05) is 30.3 Å². The molecular formula is C17H19N3O2S. The van der Waals surface area contributed by atoms with Crippen LogP contribution >= 0.6 is 12.2 Å². The van der Waals surface area contributed by atoms with Gasteiger partial charge in [0.15, 0.2) is 5.11 Å². The van der Waals surface area contributed by atoms with Crippen molar-refractivity contribution in [2.45, 2.75) is 6.54 Å². The zero-order valence-electron chi connectivity index (χ0n) is 13.1. The molecule has 0 aliphatic rings. The molecule has 0 aliphatic carbocycles. The number of hydrogen-bond donors (Lipinski definition) is 2. The van der Waals surface area contributed by atoms with Gasteiger partial charge >= 0.3 is 0 Å². The van der Waals surface area contributed by atoms with E-state index >= 15 is 0 Å². The maximum Gasteiger partial charge on any atom is 0.187 e. The van der Waals surface area contributed by atoms with Crippen LogP contribution in [0.25, 0.3) is 0 Å². The van der Waals surface area contributed by atoms with Crippen LogP contribution in [0.2, 0.25) is 0 Å². The van der Waals surface area contributed by atoms with E-state index in [1.165, 1.54) is 0 Å². The first-order chi connectivity index (χ1) is 11.2. The number of benzene rings is 2. The number of nitrogens with one attached hydrogen (secondary N) is 2. The Hall–Kier alpha value is -2.60. The number of rotatable bonds is 6. The SMILES string of the molecule is COc1ccc(/C=N/NC(=S)NCc2ccccc2)c(OC)c1. The zero-order chi connectivity index (χ0) is 16.5. The molecule has 6 heteroatoms. The highest BCUT2D eigenvalue weighted by atomic mass is 32.1. The Kier molecular flexibility index (Phi) is 6.38. The highest BCUT2D eigenvalue weighted by Crippen LogP contribution is 2.22. The molecule has 120 valence electrons. The van der Waals surface area contributed by atoms with Gasteiger partial charge in [0.25, 0.3) is 0 Å². The van der Waals surface area contributed by atoms with Crippen LogP contribution in [0.15, 0.2) is 53.6 Å². The van der Waals surface area contributed by atoms with Gasteiger partial charge in [0.05, 0.1) is 20.4 Å². The van der Waals surface area contributed by atoms with Crippen LogP contribution in [0, 0.1) is 0 Å². The van der Waals surface area contributed by atoms with Gasteiger partial charge in [-0.05, 0) is 29.9 Å². The van der Waals surface area contributed by atoms with E-state index in [0.29, 0.717) is 17.4 Å². The molecule has 2 rings (SSSR count). The lowest BCUT2D eigenvalue weighted by molar-refractivity contribution is 0.394. The molecule has 0 radical (unpaired) electrons. The summed E-state index contributed by atoms with van der Waals surface area (Å²) in [6.07, 6.45) is 1.65. The van der Waals surface area contributed by atoms with E-state index in [2.05, 4.69) is 15.8 Å². The van der Waals surface area contributed by atoms with Crippen LogP contribution in [0.3, 0.4) is 0 Å². The van der Waals surface area contributed by atoms with Gasteiger partial charge in [-0.15, -0.1) is 0 Å². The fraction of sp³-hybridized carbons (Fsp3) is 0.176. The third-order valence-electron chi connectivity index (χ3n) is 3.11. The van der Waals surface area contributed by atoms with Crippen LogP contribution in [-0.4, -0.2) is 25.5 Å².